The highest BCUT2D eigenvalue weighted by Gasteiger charge is 2.09. The summed E-state index contributed by atoms with van der Waals surface area (Å²) in [6.45, 7) is 1.67. The van der Waals surface area contributed by atoms with Crippen LogP contribution in [0, 0.1) is 11.6 Å². The number of ether oxygens (including phenoxy) is 1. The summed E-state index contributed by atoms with van der Waals surface area (Å²) in [5.41, 5.74) is 1.24. The molecule has 0 aromatic heterocycles. The van der Waals surface area contributed by atoms with Gasteiger partial charge in [-0.1, -0.05) is 17.3 Å². The minimum Gasteiger partial charge on any atom is -0.488 e. The predicted octanol–water partition coefficient (Wildman–Crippen LogP) is 3.74. The average Bonchev–Trinajstić information content (AvgIpc) is 2.45. The molecule has 0 aliphatic carbocycles. The number of oxime groups is 1. The van der Waals surface area contributed by atoms with Crippen molar-refractivity contribution in [3.63, 3.8) is 0 Å². The number of hydrogen-bond acceptors (Lipinski definition) is 3. The lowest BCUT2D eigenvalue weighted by atomic mass is 10.1. The Morgan fingerprint density at radius 2 is 1.90 bits per heavy atom. The van der Waals surface area contributed by atoms with Crippen molar-refractivity contribution in [1.29, 1.82) is 0 Å². The summed E-state index contributed by atoms with van der Waals surface area (Å²) >= 11 is 0. The van der Waals surface area contributed by atoms with Crippen LogP contribution in [0.5, 0.6) is 5.75 Å². The molecule has 2 rings (SSSR count). The van der Waals surface area contributed by atoms with Crippen LogP contribution >= 0.6 is 0 Å². The minimum absolute atomic E-state index is 0.134. The molecule has 0 fully saturated rings. The monoisotopic (exact) mass is 277 g/mol. The number of benzene rings is 2. The maximum atomic E-state index is 13.2. The molecular weight excluding hydrogens is 264 g/mol. The fourth-order valence-electron chi connectivity index (χ4n) is 1.75. The molecule has 0 heterocycles. The van der Waals surface area contributed by atoms with E-state index in [0.29, 0.717) is 16.9 Å². The second kappa shape index (κ2) is 6.14. The molecule has 0 spiro atoms. The third kappa shape index (κ3) is 3.32. The smallest absolute Gasteiger partial charge is 0.129 e. The maximum Gasteiger partial charge on any atom is 0.129 e. The van der Waals surface area contributed by atoms with E-state index in [1.807, 2.05) is 0 Å². The van der Waals surface area contributed by atoms with E-state index in [1.54, 1.807) is 12.1 Å². The third-order valence-corrected chi connectivity index (χ3v) is 2.76. The largest absolute Gasteiger partial charge is 0.488 e. The van der Waals surface area contributed by atoms with Crippen LogP contribution in [-0.4, -0.2) is 10.9 Å². The molecule has 5 heteroatoms. The van der Waals surface area contributed by atoms with Gasteiger partial charge in [-0.15, -0.1) is 0 Å². The standard InChI is InChI=1S/C15H13F2NO2/c1-10(18-19)14-8-13(17)5-6-15(14)20-9-11-3-2-4-12(16)7-11/h2-8,19H,9H2,1H3/b18-10-. The van der Waals surface area contributed by atoms with Gasteiger partial charge in [0.25, 0.3) is 0 Å². The van der Waals surface area contributed by atoms with E-state index in [2.05, 4.69) is 5.16 Å². The molecule has 0 amide bonds. The topological polar surface area (TPSA) is 41.8 Å². The molecule has 0 unspecified atom stereocenters. The zero-order valence-corrected chi connectivity index (χ0v) is 10.8. The number of rotatable bonds is 4. The van der Waals surface area contributed by atoms with Gasteiger partial charge in [-0.05, 0) is 42.8 Å². The van der Waals surface area contributed by atoms with Crippen LogP contribution in [0.3, 0.4) is 0 Å². The molecule has 0 aliphatic rings. The zero-order chi connectivity index (χ0) is 14.5. The van der Waals surface area contributed by atoms with Crippen molar-refractivity contribution >= 4 is 5.71 Å². The predicted molar refractivity (Wildman–Crippen MR) is 71.1 cm³/mol. The van der Waals surface area contributed by atoms with Gasteiger partial charge in [-0.2, -0.15) is 0 Å². The van der Waals surface area contributed by atoms with Crippen LogP contribution in [0.15, 0.2) is 47.6 Å². The summed E-state index contributed by atoms with van der Waals surface area (Å²) in [5, 5.41) is 11.8. The first kappa shape index (κ1) is 14.0. The molecule has 2 aromatic carbocycles. The number of hydrogen-bond donors (Lipinski definition) is 1. The zero-order valence-electron chi connectivity index (χ0n) is 10.8. The van der Waals surface area contributed by atoms with E-state index in [9.17, 15) is 8.78 Å². The highest BCUT2D eigenvalue weighted by atomic mass is 19.1. The Morgan fingerprint density at radius 1 is 1.15 bits per heavy atom. The lowest BCUT2D eigenvalue weighted by Crippen LogP contribution is -2.03. The Hall–Kier alpha value is -2.43. The minimum atomic E-state index is -0.457. The SMILES string of the molecule is C/C(=N/O)c1cc(F)ccc1OCc1cccc(F)c1. The molecule has 20 heavy (non-hydrogen) atoms. The number of nitrogens with zero attached hydrogens (tertiary/aromatic N) is 1. The van der Waals surface area contributed by atoms with Crippen molar-refractivity contribution < 1.29 is 18.7 Å². The van der Waals surface area contributed by atoms with E-state index in [-0.39, 0.29) is 18.1 Å². The summed E-state index contributed by atoms with van der Waals surface area (Å²) in [4.78, 5) is 0. The van der Waals surface area contributed by atoms with Gasteiger partial charge in [0.05, 0.1) is 5.71 Å². The molecule has 0 aliphatic heterocycles. The van der Waals surface area contributed by atoms with Crippen LogP contribution in [0.4, 0.5) is 8.78 Å². The molecule has 3 nitrogen and oxygen atoms in total. The molecule has 0 radical (unpaired) electrons. The lowest BCUT2D eigenvalue weighted by Gasteiger charge is -2.11. The molecule has 1 N–H and O–H groups in total. The number of halogens is 2. The molecular formula is C15H13F2NO2. The van der Waals surface area contributed by atoms with Gasteiger partial charge < -0.3 is 9.94 Å². The van der Waals surface area contributed by atoms with Gasteiger partial charge in [0, 0.05) is 5.56 Å². The first-order valence-corrected chi connectivity index (χ1v) is 5.96. The molecule has 0 bridgehead atoms. The highest BCUT2D eigenvalue weighted by Crippen LogP contribution is 2.22. The van der Waals surface area contributed by atoms with Crippen molar-refractivity contribution in [1.82, 2.24) is 0 Å². The van der Waals surface area contributed by atoms with E-state index in [1.165, 1.54) is 37.3 Å². The molecule has 0 atom stereocenters. The normalized spacial score (nSPS) is 11.4. The Morgan fingerprint density at radius 3 is 2.60 bits per heavy atom. The summed E-state index contributed by atoms with van der Waals surface area (Å²) < 4.78 is 31.8. The van der Waals surface area contributed by atoms with Crippen LogP contribution < -0.4 is 4.74 Å². The van der Waals surface area contributed by atoms with E-state index in [0.717, 1.165) is 0 Å². The van der Waals surface area contributed by atoms with Gasteiger partial charge in [0.15, 0.2) is 0 Å². The quantitative estimate of drug-likeness (QED) is 0.525. The first-order chi connectivity index (χ1) is 9.60. The van der Waals surface area contributed by atoms with Crippen LogP contribution in [0.2, 0.25) is 0 Å². The Bertz CT molecular complexity index is 642. The molecule has 104 valence electrons. The Labute approximate surface area is 115 Å². The molecule has 0 saturated carbocycles. The van der Waals surface area contributed by atoms with Gasteiger partial charge >= 0.3 is 0 Å². The maximum absolute atomic E-state index is 13.2. The van der Waals surface area contributed by atoms with Crippen LogP contribution in [0.1, 0.15) is 18.1 Å². The fourth-order valence-corrected chi connectivity index (χ4v) is 1.75. The van der Waals surface area contributed by atoms with Crippen molar-refractivity contribution in [3.05, 3.63) is 65.2 Å². The lowest BCUT2D eigenvalue weighted by molar-refractivity contribution is 0.302. The second-order valence-electron chi connectivity index (χ2n) is 4.24. The molecule has 2 aromatic rings. The van der Waals surface area contributed by atoms with Gasteiger partial charge in [-0.3, -0.25) is 0 Å². The first-order valence-electron chi connectivity index (χ1n) is 5.96. The Kier molecular flexibility index (Phi) is 4.30. The van der Waals surface area contributed by atoms with Crippen LogP contribution in [-0.2, 0) is 6.61 Å². The summed E-state index contributed by atoms with van der Waals surface area (Å²) in [5.74, 6) is -0.439. The summed E-state index contributed by atoms with van der Waals surface area (Å²) in [6, 6.07) is 9.91. The van der Waals surface area contributed by atoms with Crippen molar-refractivity contribution in [2.45, 2.75) is 13.5 Å². The van der Waals surface area contributed by atoms with Gasteiger partial charge in [-0.25, -0.2) is 8.78 Å². The van der Waals surface area contributed by atoms with E-state index in [4.69, 9.17) is 9.94 Å². The van der Waals surface area contributed by atoms with Gasteiger partial charge in [0.2, 0.25) is 0 Å². The average molecular weight is 277 g/mol. The van der Waals surface area contributed by atoms with Gasteiger partial charge in [0.1, 0.15) is 24.0 Å². The van der Waals surface area contributed by atoms with Crippen molar-refractivity contribution in [2.24, 2.45) is 5.16 Å². The highest BCUT2D eigenvalue weighted by molar-refractivity contribution is 6.00. The summed E-state index contributed by atoms with van der Waals surface area (Å²) in [6.07, 6.45) is 0. The fraction of sp³-hybridized carbons (Fsp3) is 0.133. The second-order valence-corrected chi connectivity index (χ2v) is 4.24. The van der Waals surface area contributed by atoms with E-state index < -0.39 is 5.82 Å². The van der Waals surface area contributed by atoms with E-state index >= 15 is 0 Å². The molecule has 0 saturated heterocycles. The van der Waals surface area contributed by atoms with Crippen molar-refractivity contribution in [3.8, 4) is 5.75 Å². The summed E-state index contributed by atoms with van der Waals surface area (Å²) in [7, 11) is 0. The Balaban J connectivity index is 2.21. The van der Waals surface area contributed by atoms with Crippen LogP contribution in [0.25, 0.3) is 0 Å². The third-order valence-electron chi connectivity index (χ3n) is 2.76. The van der Waals surface area contributed by atoms with Crippen molar-refractivity contribution in [2.75, 3.05) is 0 Å².